The summed E-state index contributed by atoms with van der Waals surface area (Å²) in [5, 5.41) is 4.20. The van der Waals surface area contributed by atoms with Gasteiger partial charge in [0.15, 0.2) is 5.11 Å². The molecule has 1 saturated heterocycles. The highest BCUT2D eigenvalue weighted by molar-refractivity contribution is 7.80. The summed E-state index contributed by atoms with van der Waals surface area (Å²) in [4.78, 5) is 6.82. The predicted molar refractivity (Wildman–Crippen MR) is 131 cm³/mol. The highest BCUT2D eigenvalue weighted by Gasteiger charge is 2.42. The molecule has 1 aliphatic heterocycles. The molecule has 4 aromatic rings. The van der Waals surface area contributed by atoms with Gasteiger partial charge in [-0.15, -0.1) is 0 Å². The first-order valence-electron chi connectivity index (χ1n) is 10.5. The number of aryl methyl sites for hydroxylation is 1. The van der Waals surface area contributed by atoms with Crippen LogP contribution in [0.4, 0.5) is 5.69 Å². The third-order valence-electron chi connectivity index (χ3n) is 5.84. The normalized spacial score (nSPS) is 17.9. The maximum absolute atomic E-state index is 5.84. The number of nitrogens with one attached hydrogen (secondary N) is 1. The number of methoxy groups -OCH3 is 1. The highest BCUT2D eigenvalue weighted by atomic mass is 32.1. The molecule has 1 fully saturated rings. The van der Waals surface area contributed by atoms with E-state index in [2.05, 4.69) is 69.3 Å². The summed E-state index contributed by atoms with van der Waals surface area (Å²) in [7, 11) is 1.67. The summed E-state index contributed by atoms with van der Waals surface area (Å²) in [5.41, 5.74) is 5.43. The largest absolute Gasteiger partial charge is 0.497 e. The molecular formula is C26H24N4OS. The summed E-state index contributed by atoms with van der Waals surface area (Å²) in [6, 6.07) is 26.6. The molecular weight excluding hydrogens is 416 g/mol. The van der Waals surface area contributed by atoms with Gasteiger partial charge in [0.25, 0.3) is 0 Å². The minimum atomic E-state index is -0.0927. The Morgan fingerprint density at radius 3 is 2.34 bits per heavy atom. The first-order valence-corrected chi connectivity index (χ1v) is 11.0. The highest BCUT2D eigenvalue weighted by Crippen LogP contribution is 2.42. The van der Waals surface area contributed by atoms with Crippen LogP contribution in [-0.4, -0.2) is 21.8 Å². The van der Waals surface area contributed by atoms with E-state index in [1.54, 1.807) is 7.11 Å². The lowest BCUT2D eigenvalue weighted by Crippen LogP contribution is -2.30. The van der Waals surface area contributed by atoms with E-state index in [4.69, 9.17) is 17.0 Å². The van der Waals surface area contributed by atoms with Gasteiger partial charge in [-0.25, -0.2) is 0 Å². The predicted octanol–water partition coefficient (Wildman–Crippen LogP) is 5.37. The zero-order valence-corrected chi connectivity index (χ0v) is 18.8. The van der Waals surface area contributed by atoms with Gasteiger partial charge in [0.1, 0.15) is 11.8 Å². The standard InChI is InChI=1S/C26H24N4OS/c1-18-8-10-19(11-9-18)29-17-5-7-23(29)25-24(22-6-3-4-16-27-22)28-26(32)30(25)20-12-14-21(31-2)15-13-20/h3-17,24-25H,1-2H3,(H,28,32)/t24-,25+/m1/s1. The molecule has 0 unspecified atom stereocenters. The third kappa shape index (κ3) is 3.63. The zero-order valence-electron chi connectivity index (χ0n) is 18.0. The molecule has 5 rings (SSSR count). The number of rotatable bonds is 5. The van der Waals surface area contributed by atoms with Crippen molar-refractivity contribution in [3.63, 3.8) is 0 Å². The maximum Gasteiger partial charge on any atom is 0.174 e. The molecule has 6 heteroatoms. The van der Waals surface area contributed by atoms with E-state index >= 15 is 0 Å². The van der Waals surface area contributed by atoms with Crippen molar-refractivity contribution in [2.45, 2.75) is 19.0 Å². The van der Waals surface area contributed by atoms with Crippen molar-refractivity contribution in [1.82, 2.24) is 14.9 Å². The van der Waals surface area contributed by atoms with Gasteiger partial charge < -0.3 is 19.5 Å². The van der Waals surface area contributed by atoms with E-state index in [-0.39, 0.29) is 12.1 Å². The van der Waals surface area contributed by atoms with E-state index in [9.17, 15) is 0 Å². The fourth-order valence-electron chi connectivity index (χ4n) is 4.25. The number of hydrogen-bond donors (Lipinski definition) is 1. The molecule has 32 heavy (non-hydrogen) atoms. The minimum Gasteiger partial charge on any atom is -0.497 e. The topological polar surface area (TPSA) is 42.3 Å². The van der Waals surface area contributed by atoms with Crippen LogP contribution in [0.5, 0.6) is 5.75 Å². The summed E-state index contributed by atoms with van der Waals surface area (Å²) in [6.45, 7) is 2.10. The lowest BCUT2D eigenvalue weighted by molar-refractivity contribution is 0.415. The minimum absolute atomic E-state index is 0.0814. The van der Waals surface area contributed by atoms with Crippen LogP contribution in [-0.2, 0) is 0 Å². The first kappa shape index (κ1) is 20.3. The molecule has 0 radical (unpaired) electrons. The van der Waals surface area contributed by atoms with E-state index < -0.39 is 0 Å². The second-order valence-corrected chi connectivity index (χ2v) is 8.22. The smallest absolute Gasteiger partial charge is 0.174 e. The van der Waals surface area contributed by atoms with Crippen molar-refractivity contribution in [3.05, 3.63) is 108 Å². The Hall–Kier alpha value is -3.64. The molecule has 160 valence electrons. The van der Waals surface area contributed by atoms with Crippen molar-refractivity contribution < 1.29 is 4.74 Å². The number of hydrogen-bond acceptors (Lipinski definition) is 3. The second kappa shape index (κ2) is 8.48. The van der Waals surface area contributed by atoms with Crippen LogP contribution in [0, 0.1) is 6.92 Å². The molecule has 2 aromatic heterocycles. The number of nitrogens with zero attached hydrogens (tertiary/aromatic N) is 3. The Morgan fingerprint density at radius 2 is 1.66 bits per heavy atom. The quantitative estimate of drug-likeness (QED) is 0.423. The van der Waals surface area contributed by atoms with Gasteiger partial charge in [-0.3, -0.25) is 4.98 Å². The van der Waals surface area contributed by atoms with Crippen molar-refractivity contribution in [1.29, 1.82) is 0 Å². The van der Waals surface area contributed by atoms with E-state index in [0.717, 1.165) is 28.5 Å². The molecule has 5 nitrogen and oxygen atoms in total. The number of aromatic nitrogens is 2. The van der Waals surface area contributed by atoms with Crippen LogP contribution in [0.25, 0.3) is 5.69 Å². The van der Waals surface area contributed by atoms with E-state index in [0.29, 0.717) is 5.11 Å². The SMILES string of the molecule is COc1ccc(N2C(=S)N[C@H](c3ccccn3)[C@@H]2c2cccn2-c2ccc(C)cc2)cc1. The Labute approximate surface area is 193 Å². The molecule has 2 atom stereocenters. The van der Waals surface area contributed by atoms with Crippen LogP contribution < -0.4 is 15.0 Å². The average molecular weight is 441 g/mol. The second-order valence-electron chi connectivity index (χ2n) is 7.83. The van der Waals surface area contributed by atoms with Crippen LogP contribution in [0.3, 0.4) is 0 Å². The van der Waals surface area contributed by atoms with Crippen LogP contribution in [0.1, 0.15) is 29.0 Å². The van der Waals surface area contributed by atoms with Gasteiger partial charge in [-0.05, 0) is 79.8 Å². The molecule has 0 aliphatic carbocycles. The van der Waals surface area contributed by atoms with Gasteiger partial charge in [0, 0.05) is 29.5 Å². The zero-order chi connectivity index (χ0) is 22.1. The number of benzene rings is 2. The first-order chi connectivity index (χ1) is 15.7. The Balaban J connectivity index is 1.64. The van der Waals surface area contributed by atoms with Gasteiger partial charge in [-0.2, -0.15) is 0 Å². The van der Waals surface area contributed by atoms with Crippen LogP contribution in [0.2, 0.25) is 0 Å². The molecule has 0 saturated carbocycles. The molecule has 0 bridgehead atoms. The van der Waals surface area contributed by atoms with Crippen molar-refractivity contribution >= 4 is 23.0 Å². The van der Waals surface area contributed by atoms with E-state index in [1.807, 2.05) is 48.7 Å². The lowest BCUT2D eigenvalue weighted by atomic mass is 10.0. The van der Waals surface area contributed by atoms with Crippen molar-refractivity contribution in [3.8, 4) is 11.4 Å². The molecule has 1 N–H and O–H groups in total. The summed E-state index contributed by atoms with van der Waals surface area (Å²) >= 11 is 5.84. The fraction of sp³-hybridized carbons (Fsp3) is 0.154. The maximum atomic E-state index is 5.84. The average Bonchev–Trinajstić information content (AvgIpc) is 3.44. The van der Waals surface area contributed by atoms with E-state index in [1.165, 1.54) is 5.56 Å². The van der Waals surface area contributed by atoms with Crippen molar-refractivity contribution in [2.75, 3.05) is 12.0 Å². The number of thiocarbonyl (C=S) groups is 1. The molecule has 1 aliphatic rings. The molecule has 2 aromatic carbocycles. The number of ether oxygens (including phenoxy) is 1. The van der Waals surface area contributed by atoms with Gasteiger partial charge in [0.2, 0.25) is 0 Å². The summed E-state index contributed by atoms with van der Waals surface area (Å²) in [5.74, 6) is 0.813. The fourth-order valence-corrected chi connectivity index (χ4v) is 4.60. The third-order valence-corrected chi connectivity index (χ3v) is 6.16. The number of anilines is 1. The molecule has 0 amide bonds. The summed E-state index contributed by atoms with van der Waals surface area (Å²) in [6.07, 6.45) is 3.93. The monoisotopic (exact) mass is 440 g/mol. The van der Waals surface area contributed by atoms with Crippen LogP contribution >= 0.6 is 12.2 Å². The van der Waals surface area contributed by atoms with Crippen molar-refractivity contribution in [2.24, 2.45) is 0 Å². The molecule has 3 heterocycles. The van der Waals surface area contributed by atoms with Crippen LogP contribution in [0.15, 0.2) is 91.3 Å². The van der Waals surface area contributed by atoms with Gasteiger partial charge in [-0.1, -0.05) is 23.8 Å². The summed E-state index contributed by atoms with van der Waals surface area (Å²) < 4.78 is 7.58. The Morgan fingerprint density at radius 1 is 0.906 bits per heavy atom. The van der Waals surface area contributed by atoms with Gasteiger partial charge >= 0.3 is 0 Å². The Kier molecular flexibility index (Phi) is 5.37. The lowest BCUT2D eigenvalue weighted by Gasteiger charge is -2.29. The Bertz CT molecular complexity index is 1220. The van der Waals surface area contributed by atoms with Gasteiger partial charge in [0.05, 0.1) is 18.8 Å². The molecule has 0 spiro atoms. The number of pyridine rings is 1.